The fourth-order valence-corrected chi connectivity index (χ4v) is 2.82. The topological polar surface area (TPSA) is 15.8 Å². The molecule has 1 heterocycles. The number of rotatable bonds is 5. The van der Waals surface area contributed by atoms with Crippen molar-refractivity contribution in [2.45, 2.75) is 53.9 Å². The highest BCUT2D eigenvalue weighted by molar-refractivity contribution is 7.80. The summed E-state index contributed by atoms with van der Waals surface area (Å²) in [5.41, 5.74) is 3.48. The average Bonchev–Trinajstić information content (AvgIpc) is 2.47. The van der Waals surface area contributed by atoms with Crippen molar-refractivity contribution in [3.8, 4) is 0 Å². The summed E-state index contributed by atoms with van der Waals surface area (Å²) >= 11 is 4.33. The second kappa shape index (κ2) is 5.51. The van der Waals surface area contributed by atoms with Gasteiger partial charge in [0.15, 0.2) is 0 Å². The SMILES string of the molecule is CC(C)(C)Cc1cc(CC(C)(C)CCS)c[nH]1. The van der Waals surface area contributed by atoms with Gasteiger partial charge in [0.05, 0.1) is 0 Å². The van der Waals surface area contributed by atoms with Crippen LogP contribution in [0.2, 0.25) is 0 Å². The Kier molecular flexibility index (Phi) is 4.77. The molecule has 0 unspecified atom stereocenters. The molecule has 0 aliphatic rings. The van der Waals surface area contributed by atoms with Crippen LogP contribution in [0.1, 0.15) is 52.3 Å². The van der Waals surface area contributed by atoms with Gasteiger partial charge in [0, 0.05) is 11.9 Å². The van der Waals surface area contributed by atoms with E-state index in [0.717, 1.165) is 25.0 Å². The molecule has 0 bridgehead atoms. The lowest BCUT2D eigenvalue weighted by Crippen LogP contribution is -2.15. The van der Waals surface area contributed by atoms with Gasteiger partial charge in [-0.25, -0.2) is 0 Å². The Balaban J connectivity index is 2.63. The van der Waals surface area contributed by atoms with E-state index >= 15 is 0 Å². The van der Waals surface area contributed by atoms with E-state index in [9.17, 15) is 0 Å². The van der Waals surface area contributed by atoms with Gasteiger partial charge >= 0.3 is 0 Å². The number of H-pyrrole nitrogens is 1. The first-order chi connectivity index (χ1) is 7.72. The molecule has 0 fully saturated rings. The summed E-state index contributed by atoms with van der Waals surface area (Å²) in [4.78, 5) is 3.41. The van der Waals surface area contributed by atoms with Gasteiger partial charge < -0.3 is 4.98 Å². The minimum absolute atomic E-state index is 0.350. The quantitative estimate of drug-likeness (QED) is 0.719. The predicted octanol–water partition coefficient (Wildman–Crippen LogP) is 4.49. The van der Waals surface area contributed by atoms with Crippen LogP contribution >= 0.6 is 12.6 Å². The molecule has 0 saturated carbocycles. The van der Waals surface area contributed by atoms with E-state index in [4.69, 9.17) is 0 Å². The van der Waals surface area contributed by atoms with Gasteiger partial charge in [-0.2, -0.15) is 12.6 Å². The zero-order valence-corrected chi connectivity index (χ0v) is 12.8. The van der Waals surface area contributed by atoms with Crippen LogP contribution in [0, 0.1) is 10.8 Å². The molecule has 1 rings (SSSR count). The first-order valence-corrected chi connectivity index (χ1v) is 7.12. The summed E-state index contributed by atoms with van der Waals surface area (Å²) < 4.78 is 0. The normalized spacial score (nSPS) is 13.1. The molecule has 0 aliphatic heterocycles. The minimum Gasteiger partial charge on any atom is -0.365 e. The average molecular weight is 253 g/mol. The molecule has 0 spiro atoms. The molecule has 0 radical (unpaired) electrons. The first-order valence-electron chi connectivity index (χ1n) is 6.49. The van der Waals surface area contributed by atoms with E-state index in [1.54, 1.807) is 0 Å². The van der Waals surface area contributed by atoms with Crippen molar-refractivity contribution in [2.75, 3.05) is 5.75 Å². The maximum absolute atomic E-state index is 4.33. The van der Waals surface area contributed by atoms with E-state index in [1.165, 1.54) is 11.3 Å². The molecular formula is C15H27NS. The molecule has 1 aromatic heterocycles. The summed E-state index contributed by atoms with van der Waals surface area (Å²) in [7, 11) is 0. The fourth-order valence-electron chi connectivity index (χ4n) is 2.21. The monoisotopic (exact) mass is 253 g/mol. The van der Waals surface area contributed by atoms with E-state index < -0.39 is 0 Å². The summed E-state index contributed by atoms with van der Waals surface area (Å²) in [6.45, 7) is 11.5. The molecular weight excluding hydrogens is 226 g/mol. The van der Waals surface area contributed by atoms with Gasteiger partial charge in [-0.3, -0.25) is 0 Å². The Morgan fingerprint density at radius 2 is 1.76 bits per heavy atom. The molecule has 0 atom stereocenters. The smallest absolute Gasteiger partial charge is 0.0155 e. The van der Waals surface area contributed by atoms with Gasteiger partial charge in [0.1, 0.15) is 0 Å². The minimum atomic E-state index is 0.350. The number of aromatic nitrogens is 1. The van der Waals surface area contributed by atoms with Crippen molar-refractivity contribution in [1.82, 2.24) is 4.98 Å². The zero-order chi connectivity index (χ0) is 13.1. The highest BCUT2D eigenvalue weighted by Gasteiger charge is 2.19. The summed E-state index contributed by atoms with van der Waals surface area (Å²) in [5.74, 6) is 0.965. The standard InChI is InChI=1S/C15H27NS/c1-14(2,3)10-13-8-12(11-16-13)9-15(4,5)6-7-17/h8,11,16-17H,6-7,9-10H2,1-5H3. The van der Waals surface area contributed by atoms with Crippen LogP contribution in [0.3, 0.4) is 0 Å². The molecule has 17 heavy (non-hydrogen) atoms. The van der Waals surface area contributed by atoms with Gasteiger partial charge in [-0.15, -0.1) is 0 Å². The number of nitrogens with one attached hydrogen (secondary N) is 1. The van der Waals surface area contributed by atoms with Gasteiger partial charge in [-0.05, 0) is 47.5 Å². The van der Waals surface area contributed by atoms with Crippen molar-refractivity contribution in [1.29, 1.82) is 0 Å². The molecule has 0 amide bonds. The second-order valence-electron chi connectivity index (χ2n) is 7.09. The van der Waals surface area contributed by atoms with E-state index in [-0.39, 0.29) is 0 Å². The molecule has 1 aromatic rings. The van der Waals surface area contributed by atoms with Crippen LogP contribution in [-0.4, -0.2) is 10.7 Å². The number of aromatic amines is 1. The van der Waals surface area contributed by atoms with Crippen molar-refractivity contribution in [3.05, 3.63) is 23.5 Å². The highest BCUT2D eigenvalue weighted by Crippen LogP contribution is 2.27. The van der Waals surface area contributed by atoms with Crippen LogP contribution < -0.4 is 0 Å². The van der Waals surface area contributed by atoms with Crippen LogP contribution in [0.5, 0.6) is 0 Å². The third kappa shape index (κ3) is 5.67. The lowest BCUT2D eigenvalue weighted by atomic mass is 9.84. The Hall–Kier alpha value is -0.370. The maximum atomic E-state index is 4.33. The van der Waals surface area contributed by atoms with Crippen molar-refractivity contribution in [2.24, 2.45) is 10.8 Å². The Labute approximate surface area is 112 Å². The molecule has 0 aliphatic carbocycles. The molecule has 98 valence electrons. The maximum Gasteiger partial charge on any atom is 0.0155 e. The largest absolute Gasteiger partial charge is 0.365 e. The van der Waals surface area contributed by atoms with E-state index in [1.807, 2.05) is 0 Å². The summed E-state index contributed by atoms with van der Waals surface area (Å²) in [5, 5.41) is 0. The number of hydrogen-bond acceptors (Lipinski definition) is 1. The Morgan fingerprint density at radius 1 is 1.12 bits per heavy atom. The first kappa shape index (κ1) is 14.7. The molecule has 1 nitrogen and oxygen atoms in total. The number of hydrogen-bond donors (Lipinski definition) is 2. The van der Waals surface area contributed by atoms with E-state index in [2.05, 4.69) is 64.5 Å². The van der Waals surface area contributed by atoms with Gasteiger partial charge in [0.2, 0.25) is 0 Å². The van der Waals surface area contributed by atoms with Crippen LogP contribution in [0.4, 0.5) is 0 Å². The van der Waals surface area contributed by atoms with Crippen molar-refractivity contribution < 1.29 is 0 Å². The van der Waals surface area contributed by atoms with E-state index in [0.29, 0.717) is 10.8 Å². The van der Waals surface area contributed by atoms with Gasteiger partial charge in [0.25, 0.3) is 0 Å². The summed E-state index contributed by atoms with van der Waals surface area (Å²) in [6, 6.07) is 2.32. The fraction of sp³-hybridized carbons (Fsp3) is 0.733. The Bertz CT molecular complexity index is 344. The predicted molar refractivity (Wildman–Crippen MR) is 79.9 cm³/mol. The molecule has 0 saturated heterocycles. The summed E-state index contributed by atoms with van der Waals surface area (Å²) in [6.07, 6.45) is 5.57. The second-order valence-corrected chi connectivity index (χ2v) is 7.53. The van der Waals surface area contributed by atoms with Crippen molar-refractivity contribution in [3.63, 3.8) is 0 Å². The third-order valence-electron chi connectivity index (χ3n) is 2.99. The number of thiol groups is 1. The van der Waals surface area contributed by atoms with Crippen molar-refractivity contribution >= 4 is 12.6 Å². The molecule has 1 N–H and O–H groups in total. The Morgan fingerprint density at radius 3 is 2.29 bits per heavy atom. The van der Waals surface area contributed by atoms with Gasteiger partial charge in [-0.1, -0.05) is 34.6 Å². The third-order valence-corrected chi connectivity index (χ3v) is 3.22. The van der Waals surface area contributed by atoms with Crippen LogP contribution in [0.25, 0.3) is 0 Å². The molecule has 0 aromatic carbocycles. The van der Waals surface area contributed by atoms with Crippen LogP contribution in [0.15, 0.2) is 12.3 Å². The highest BCUT2D eigenvalue weighted by atomic mass is 32.1. The lowest BCUT2D eigenvalue weighted by Gasteiger charge is -2.22. The lowest BCUT2D eigenvalue weighted by molar-refractivity contribution is 0.353. The van der Waals surface area contributed by atoms with Crippen LogP contribution in [-0.2, 0) is 12.8 Å². The molecule has 2 heteroatoms. The zero-order valence-electron chi connectivity index (χ0n) is 11.9.